The topological polar surface area (TPSA) is 43.8 Å². The third kappa shape index (κ3) is 2.82. The maximum Gasteiger partial charge on any atom is 0.0847 e. The molecule has 0 amide bonds. The van der Waals surface area contributed by atoms with Crippen LogP contribution in [0.1, 0.15) is 34.1 Å². The first-order valence-electron chi connectivity index (χ1n) is 6.41. The predicted octanol–water partition coefficient (Wildman–Crippen LogP) is 3.24. The molecule has 0 aliphatic carbocycles. The summed E-state index contributed by atoms with van der Waals surface area (Å²) in [4.78, 5) is 0. The fraction of sp³-hybridized carbons (Fsp3) is 0.400. The number of hydrogen-bond acceptors (Lipinski definition) is 2. The Hall–Kier alpha value is -1.32. The quantitative estimate of drug-likeness (QED) is 0.936. The van der Waals surface area contributed by atoms with E-state index in [1.807, 2.05) is 18.7 Å². The first kappa shape index (κ1) is 14.1. The van der Waals surface area contributed by atoms with Gasteiger partial charge in [-0.1, -0.05) is 35.4 Å². The molecular formula is C15H20ClN3. The molecule has 0 saturated carbocycles. The Morgan fingerprint density at radius 2 is 2.00 bits per heavy atom. The van der Waals surface area contributed by atoms with Crippen molar-refractivity contribution in [2.45, 2.75) is 33.2 Å². The number of aryl methyl sites for hydroxylation is 4. The van der Waals surface area contributed by atoms with Gasteiger partial charge in [0.05, 0.1) is 16.4 Å². The van der Waals surface area contributed by atoms with E-state index in [4.69, 9.17) is 17.3 Å². The second-order valence-electron chi connectivity index (χ2n) is 5.14. The lowest BCUT2D eigenvalue weighted by Crippen LogP contribution is -2.17. The maximum absolute atomic E-state index is 6.34. The van der Waals surface area contributed by atoms with Crippen LogP contribution in [0.3, 0.4) is 0 Å². The van der Waals surface area contributed by atoms with Gasteiger partial charge in [0.25, 0.3) is 0 Å². The number of halogens is 1. The molecular weight excluding hydrogens is 258 g/mol. The molecule has 0 spiro atoms. The highest BCUT2D eigenvalue weighted by Gasteiger charge is 2.17. The lowest BCUT2D eigenvalue weighted by atomic mass is 9.96. The van der Waals surface area contributed by atoms with Crippen LogP contribution in [0, 0.1) is 20.8 Å². The number of benzene rings is 1. The number of hydrogen-bond donors (Lipinski definition) is 1. The van der Waals surface area contributed by atoms with Crippen molar-refractivity contribution in [3.05, 3.63) is 51.3 Å². The number of nitrogens with zero attached hydrogens (tertiary/aromatic N) is 2. The minimum Gasteiger partial charge on any atom is -0.324 e. The molecule has 1 heterocycles. The first-order chi connectivity index (χ1) is 8.90. The summed E-state index contributed by atoms with van der Waals surface area (Å²) >= 11 is 6.28. The lowest BCUT2D eigenvalue weighted by molar-refractivity contribution is 0.637. The summed E-state index contributed by atoms with van der Waals surface area (Å²) in [5, 5.41) is 5.05. The first-order valence-corrected chi connectivity index (χ1v) is 6.78. The van der Waals surface area contributed by atoms with E-state index >= 15 is 0 Å². The molecule has 1 aromatic carbocycles. The van der Waals surface area contributed by atoms with Gasteiger partial charge in [-0.3, -0.25) is 4.68 Å². The molecule has 2 rings (SSSR count). The van der Waals surface area contributed by atoms with Gasteiger partial charge in [-0.2, -0.15) is 5.10 Å². The van der Waals surface area contributed by atoms with E-state index in [2.05, 4.69) is 37.1 Å². The molecule has 0 aliphatic heterocycles. The largest absolute Gasteiger partial charge is 0.324 e. The number of rotatable bonds is 3. The Kier molecular flexibility index (Phi) is 3.97. The van der Waals surface area contributed by atoms with E-state index in [0.29, 0.717) is 6.42 Å². The van der Waals surface area contributed by atoms with E-state index in [1.165, 1.54) is 16.7 Å². The van der Waals surface area contributed by atoms with Crippen LogP contribution >= 0.6 is 11.6 Å². The third-order valence-electron chi connectivity index (χ3n) is 3.51. The normalized spacial score (nSPS) is 12.7. The summed E-state index contributed by atoms with van der Waals surface area (Å²) in [6, 6.07) is 6.30. The van der Waals surface area contributed by atoms with Crippen molar-refractivity contribution in [2.24, 2.45) is 12.8 Å². The van der Waals surface area contributed by atoms with Gasteiger partial charge in [0.15, 0.2) is 0 Å². The van der Waals surface area contributed by atoms with Crippen molar-refractivity contribution >= 4 is 11.6 Å². The van der Waals surface area contributed by atoms with Crippen LogP contribution in [0.5, 0.6) is 0 Å². The Morgan fingerprint density at radius 3 is 2.58 bits per heavy atom. The summed E-state index contributed by atoms with van der Waals surface area (Å²) in [6.07, 6.45) is 0.695. The van der Waals surface area contributed by atoms with Crippen LogP contribution in [-0.4, -0.2) is 9.78 Å². The zero-order chi connectivity index (χ0) is 14.2. The van der Waals surface area contributed by atoms with Gasteiger partial charge < -0.3 is 5.73 Å². The molecule has 102 valence electrons. The van der Waals surface area contributed by atoms with Crippen LogP contribution in [0.25, 0.3) is 0 Å². The monoisotopic (exact) mass is 277 g/mol. The van der Waals surface area contributed by atoms with E-state index in [-0.39, 0.29) is 6.04 Å². The molecule has 0 bridgehead atoms. The molecule has 1 atom stereocenters. The summed E-state index contributed by atoms with van der Waals surface area (Å²) in [5.41, 5.74) is 11.8. The minimum atomic E-state index is -0.0628. The molecule has 2 N–H and O–H groups in total. The zero-order valence-electron chi connectivity index (χ0n) is 11.9. The van der Waals surface area contributed by atoms with E-state index in [9.17, 15) is 0 Å². The van der Waals surface area contributed by atoms with Crippen LogP contribution < -0.4 is 5.73 Å². The van der Waals surface area contributed by atoms with Gasteiger partial charge >= 0.3 is 0 Å². The molecule has 0 aliphatic rings. The molecule has 0 fully saturated rings. The van der Waals surface area contributed by atoms with Crippen molar-refractivity contribution in [3.8, 4) is 0 Å². The predicted molar refractivity (Wildman–Crippen MR) is 79.5 cm³/mol. The lowest BCUT2D eigenvalue weighted by Gasteiger charge is -2.16. The van der Waals surface area contributed by atoms with Crippen molar-refractivity contribution in [3.63, 3.8) is 0 Å². The highest BCUT2D eigenvalue weighted by molar-refractivity contribution is 6.31. The van der Waals surface area contributed by atoms with Crippen LogP contribution in [0.15, 0.2) is 18.2 Å². The van der Waals surface area contributed by atoms with Crippen LogP contribution in [0.4, 0.5) is 0 Å². The molecule has 2 aromatic rings. The Morgan fingerprint density at radius 1 is 1.32 bits per heavy atom. The van der Waals surface area contributed by atoms with E-state index in [1.54, 1.807) is 0 Å². The second-order valence-corrected chi connectivity index (χ2v) is 5.52. The Balaban J connectivity index is 2.30. The highest BCUT2D eigenvalue weighted by Crippen LogP contribution is 2.26. The molecule has 0 radical (unpaired) electrons. The van der Waals surface area contributed by atoms with Crippen LogP contribution in [-0.2, 0) is 13.5 Å². The van der Waals surface area contributed by atoms with Gasteiger partial charge in [-0.05, 0) is 31.9 Å². The standard InChI is InChI=1S/C15H20ClN3/c1-9-5-6-10(2)12(7-9)13(17)8-14-15(16)11(3)18-19(14)4/h5-7,13H,8,17H2,1-4H3. The molecule has 4 heteroatoms. The molecule has 0 saturated heterocycles. The third-order valence-corrected chi connectivity index (χ3v) is 4.00. The maximum atomic E-state index is 6.34. The number of aromatic nitrogens is 2. The highest BCUT2D eigenvalue weighted by atomic mass is 35.5. The van der Waals surface area contributed by atoms with Gasteiger partial charge in [-0.25, -0.2) is 0 Å². The Labute approximate surface area is 119 Å². The van der Waals surface area contributed by atoms with Gasteiger partial charge in [0.2, 0.25) is 0 Å². The summed E-state index contributed by atoms with van der Waals surface area (Å²) < 4.78 is 1.82. The fourth-order valence-corrected chi connectivity index (χ4v) is 2.62. The van der Waals surface area contributed by atoms with Gasteiger partial charge in [0.1, 0.15) is 0 Å². The van der Waals surface area contributed by atoms with Crippen LogP contribution in [0.2, 0.25) is 5.02 Å². The average molecular weight is 278 g/mol. The number of nitrogens with two attached hydrogens (primary N) is 1. The zero-order valence-corrected chi connectivity index (χ0v) is 12.6. The molecule has 1 aromatic heterocycles. The second kappa shape index (κ2) is 5.35. The molecule has 19 heavy (non-hydrogen) atoms. The van der Waals surface area contributed by atoms with Crippen molar-refractivity contribution < 1.29 is 0 Å². The molecule has 1 unspecified atom stereocenters. The van der Waals surface area contributed by atoms with E-state index in [0.717, 1.165) is 16.4 Å². The summed E-state index contributed by atoms with van der Waals surface area (Å²) in [6.45, 7) is 6.08. The van der Waals surface area contributed by atoms with Gasteiger partial charge in [-0.15, -0.1) is 0 Å². The van der Waals surface area contributed by atoms with Crippen molar-refractivity contribution in [1.82, 2.24) is 9.78 Å². The smallest absolute Gasteiger partial charge is 0.0847 e. The average Bonchev–Trinajstić information content (AvgIpc) is 2.59. The molecule has 3 nitrogen and oxygen atoms in total. The fourth-order valence-electron chi connectivity index (χ4n) is 2.38. The van der Waals surface area contributed by atoms with Gasteiger partial charge in [0, 0.05) is 19.5 Å². The summed E-state index contributed by atoms with van der Waals surface area (Å²) in [5.74, 6) is 0. The Bertz CT molecular complexity index is 602. The minimum absolute atomic E-state index is 0.0628. The van der Waals surface area contributed by atoms with Crippen molar-refractivity contribution in [2.75, 3.05) is 0 Å². The van der Waals surface area contributed by atoms with Crippen molar-refractivity contribution in [1.29, 1.82) is 0 Å². The summed E-state index contributed by atoms with van der Waals surface area (Å²) in [7, 11) is 1.91. The SMILES string of the molecule is Cc1ccc(C)c(C(N)Cc2c(Cl)c(C)nn2C)c1. The van der Waals surface area contributed by atoms with E-state index < -0.39 is 0 Å².